The summed E-state index contributed by atoms with van der Waals surface area (Å²) in [5.41, 5.74) is -0.818. The third-order valence-corrected chi connectivity index (χ3v) is 3.18. The van der Waals surface area contributed by atoms with Crippen LogP contribution in [0.25, 0.3) is 0 Å². The fourth-order valence-corrected chi connectivity index (χ4v) is 2.27. The lowest BCUT2D eigenvalue weighted by Crippen LogP contribution is -2.24. The summed E-state index contributed by atoms with van der Waals surface area (Å²) in [4.78, 5) is 9.92. The summed E-state index contributed by atoms with van der Waals surface area (Å²) in [6.45, 7) is 1.40. The van der Waals surface area contributed by atoms with E-state index in [0.29, 0.717) is 18.7 Å². The van der Waals surface area contributed by atoms with Crippen LogP contribution in [0.4, 0.5) is 20.2 Å². The van der Waals surface area contributed by atoms with Crippen molar-refractivity contribution < 1.29 is 13.7 Å². The van der Waals surface area contributed by atoms with Crippen molar-refractivity contribution in [2.24, 2.45) is 0 Å². The van der Waals surface area contributed by atoms with Gasteiger partial charge in [-0.05, 0) is 25.8 Å². The van der Waals surface area contributed by atoms with Crippen molar-refractivity contribution in [2.45, 2.75) is 25.3 Å². The second-order valence-corrected chi connectivity index (χ2v) is 4.55. The summed E-state index contributed by atoms with van der Waals surface area (Å²) in [6.07, 6.45) is 2.93. The number of hydrogen-bond donors (Lipinski definition) is 2. The van der Waals surface area contributed by atoms with Crippen molar-refractivity contribution >= 4 is 11.4 Å². The molecule has 5 nitrogen and oxygen atoms in total. The van der Waals surface area contributed by atoms with Gasteiger partial charge in [-0.2, -0.15) is 4.39 Å². The Labute approximate surface area is 109 Å². The molecule has 19 heavy (non-hydrogen) atoms. The Kier molecular flexibility index (Phi) is 4.26. The molecule has 1 aromatic carbocycles. The van der Waals surface area contributed by atoms with E-state index in [1.54, 1.807) is 0 Å². The zero-order valence-corrected chi connectivity index (χ0v) is 10.3. The van der Waals surface area contributed by atoms with E-state index in [1.165, 1.54) is 0 Å². The fraction of sp³-hybridized carbons (Fsp3) is 0.500. The minimum absolute atomic E-state index is 0.111. The molecule has 0 spiro atoms. The molecule has 1 fully saturated rings. The topological polar surface area (TPSA) is 67.2 Å². The van der Waals surface area contributed by atoms with E-state index in [-0.39, 0.29) is 5.69 Å². The second-order valence-electron chi connectivity index (χ2n) is 4.55. The van der Waals surface area contributed by atoms with Gasteiger partial charge in [-0.25, -0.2) is 4.39 Å². The first-order valence-electron chi connectivity index (χ1n) is 6.18. The highest BCUT2D eigenvalue weighted by atomic mass is 19.1. The molecule has 1 atom stereocenters. The highest BCUT2D eigenvalue weighted by molar-refractivity contribution is 5.62. The third-order valence-electron chi connectivity index (χ3n) is 3.18. The molecule has 1 aliphatic rings. The molecule has 1 heterocycles. The number of halogens is 2. The maximum atomic E-state index is 13.4. The van der Waals surface area contributed by atoms with Crippen LogP contribution in [-0.4, -0.2) is 24.1 Å². The molecular weight excluding hydrogens is 256 g/mol. The minimum Gasteiger partial charge on any atom is -0.379 e. The van der Waals surface area contributed by atoms with Crippen molar-refractivity contribution in [3.05, 3.63) is 33.9 Å². The van der Waals surface area contributed by atoms with Gasteiger partial charge in [-0.15, -0.1) is 0 Å². The van der Waals surface area contributed by atoms with Crippen molar-refractivity contribution in [1.29, 1.82) is 0 Å². The quantitative estimate of drug-likeness (QED) is 0.637. The van der Waals surface area contributed by atoms with Crippen molar-refractivity contribution in [1.82, 2.24) is 5.32 Å². The first-order chi connectivity index (χ1) is 9.08. The molecule has 0 radical (unpaired) electrons. The van der Waals surface area contributed by atoms with E-state index < -0.39 is 22.2 Å². The number of rotatable bonds is 5. The molecule has 104 valence electrons. The van der Waals surface area contributed by atoms with E-state index in [1.807, 2.05) is 0 Å². The summed E-state index contributed by atoms with van der Waals surface area (Å²) in [7, 11) is 0. The minimum atomic E-state index is -1.16. The number of benzene rings is 1. The molecule has 0 aromatic heterocycles. The van der Waals surface area contributed by atoms with Gasteiger partial charge >= 0.3 is 5.69 Å². The Balaban J connectivity index is 2.03. The van der Waals surface area contributed by atoms with Crippen LogP contribution in [0.5, 0.6) is 0 Å². The van der Waals surface area contributed by atoms with Gasteiger partial charge in [0.05, 0.1) is 4.92 Å². The number of nitrogens with one attached hydrogen (secondary N) is 2. The molecule has 0 saturated carbocycles. The van der Waals surface area contributed by atoms with Gasteiger partial charge in [-0.3, -0.25) is 10.1 Å². The number of anilines is 1. The molecule has 0 amide bonds. The Hall–Kier alpha value is -1.76. The highest BCUT2D eigenvalue weighted by Gasteiger charge is 2.22. The normalized spacial score (nSPS) is 18.5. The SMILES string of the molecule is O=[N+]([O-])c1c(F)cc(F)cc1NCCC1CCCN1. The summed E-state index contributed by atoms with van der Waals surface area (Å²) in [5.74, 6) is -1.99. The van der Waals surface area contributed by atoms with Crippen LogP contribution in [0.3, 0.4) is 0 Å². The molecule has 7 heteroatoms. The van der Waals surface area contributed by atoms with Crippen molar-refractivity contribution in [3.8, 4) is 0 Å². The smallest absolute Gasteiger partial charge is 0.327 e. The van der Waals surface area contributed by atoms with E-state index in [4.69, 9.17) is 0 Å². The molecule has 2 rings (SSSR count). The third kappa shape index (κ3) is 3.37. The van der Waals surface area contributed by atoms with Gasteiger partial charge in [-0.1, -0.05) is 0 Å². The molecule has 1 unspecified atom stereocenters. The summed E-state index contributed by atoms with van der Waals surface area (Å²) < 4.78 is 26.4. The van der Waals surface area contributed by atoms with Gasteiger partial charge in [0.1, 0.15) is 11.5 Å². The molecular formula is C12H15F2N3O2. The van der Waals surface area contributed by atoms with E-state index in [2.05, 4.69) is 10.6 Å². The number of nitrogens with zero attached hydrogens (tertiary/aromatic N) is 1. The Bertz CT molecular complexity index is 476. The zero-order chi connectivity index (χ0) is 13.8. The molecule has 1 aromatic rings. The van der Waals surface area contributed by atoms with Crippen LogP contribution >= 0.6 is 0 Å². The highest BCUT2D eigenvalue weighted by Crippen LogP contribution is 2.28. The van der Waals surface area contributed by atoms with Crippen molar-refractivity contribution in [2.75, 3.05) is 18.4 Å². The number of nitro benzene ring substituents is 1. The van der Waals surface area contributed by atoms with Crippen LogP contribution in [0.1, 0.15) is 19.3 Å². The fourth-order valence-electron chi connectivity index (χ4n) is 2.27. The van der Waals surface area contributed by atoms with Gasteiger partial charge in [0, 0.05) is 24.7 Å². The lowest BCUT2D eigenvalue weighted by molar-refractivity contribution is -0.386. The number of nitro groups is 1. The predicted octanol–water partition coefficient (Wildman–Crippen LogP) is 2.43. The van der Waals surface area contributed by atoms with Crippen LogP contribution in [0.15, 0.2) is 12.1 Å². The number of hydrogen-bond acceptors (Lipinski definition) is 4. The standard InChI is InChI=1S/C12H15F2N3O2/c13-8-6-10(14)12(17(18)19)11(7-8)16-5-3-9-2-1-4-15-9/h6-7,9,15-16H,1-5H2. The first kappa shape index (κ1) is 13.7. The average molecular weight is 271 g/mol. The molecule has 1 saturated heterocycles. The van der Waals surface area contributed by atoms with Gasteiger partial charge < -0.3 is 10.6 Å². The van der Waals surface area contributed by atoms with Crippen molar-refractivity contribution in [3.63, 3.8) is 0 Å². The van der Waals surface area contributed by atoms with E-state index in [9.17, 15) is 18.9 Å². The average Bonchev–Trinajstić information content (AvgIpc) is 2.80. The lowest BCUT2D eigenvalue weighted by atomic mass is 10.1. The molecule has 2 N–H and O–H groups in total. The van der Waals surface area contributed by atoms with Gasteiger partial charge in [0.15, 0.2) is 0 Å². The molecule has 0 aliphatic carbocycles. The predicted molar refractivity (Wildman–Crippen MR) is 67.1 cm³/mol. The van der Waals surface area contributed by atoms with Gasteiger partial charge in [0.25, 0.3) is 0 Å². The van der Waals surface area contributed by atoms with Crippen LogP contribution in [0.2, 0.25) is 0 Å². The first-order valence-corrected chi connectivity index (χ1v) is 6.18. The maximum Gasteiger partial charge on any atom is 0.327 e. The van der Waals surface area contributed by atoms with Gasteiger partial charge in [0.2, 0.25) is 5.82 Å². The Morgan fingerprint density at radius 3 is 2.89 bits per heavy atom. The van der Waals surface area contributed by atoms with Crippen LogP contribution in [-0.2, 0) is 0 Å². The summed E-state index contributed by atoms with van der Waals surface area (Å²) >= 11 is 0. The van der Waals surface area contributed by atoms with E-state index in [0.717, 1.165) is 31.9 Å². The Morgan fingerprint density at radius 1 is 1.47 bits per heavy atom. The summed E-state index contributed by atoms with van der Waals surface area (Å²) in [5, 5.41) is 16.8. The Morgan fingerprint density at radius 2 is 2.26 bits per heavy atom. The largest absolute Gasteiger partial charge is 0.379 e. The lowest BCUT2D eigenvalue weighted by Gasteiger charge is -2.12. The monoisotopic (exact) mass is 271 g/mol. The van der Waals surface area contributed by atoms with Crippen LogP contribution < -0.4 is 10.6 Å². The van der Waals surface area contributed by atoms with Crippen LogP contribution in [0, 0.1) is 21.7 Å². The van der Waals surface area contributed by atoms with E-state index >= 15 is 0 Å². The zero-order valence-electron chi connectivity index (χ0n) is 10.3. The molecule has 0 bridgehead atoms. The molecule has 1 aliphatic heterocycles. The summed E-state index contributed by atoms with van der Waals surface area (Å²) in [6, 6.07) is 1.83. The second kappa shape index (κ2) is 5.92. The maximum absolute atomic E-state index is 13.4.